The smallest absolute Gasteiger partial charge is 0.330 e. The lowest BCUT2D eigenvalue weighted by Gasteiger charge is -2.36. The van der Waals surface area contributed by atoms with E-state index in [2.05, 4.69) is 11.4 Å². The summed E-state index contributed by atoms with van der Waals surface area (Å²) in [6, 6.07) is 20.5. The SMILES string of the molecule is CCOC(=O)/C=C/c1ccc(F)c(NC(=O)C2(Cc3ccc(-c4ccc(N(C)C)cc4)c(C#N)c3)CCCCC2)c1. The number of carbonyl (C=O) groups is 2. The molecule has 0 radical (unpaired) electrons. The van der Waals surface area contributed by atoms with Crippen molar-refractivity contribution in [3.63, 3.8) is 0 Å². The second-order valence-electron chi connectivity index (χ2n) is 10.7. The van der Waals surface area contributed by atoms with Crippen LogP contribution in [-0.2, 0) is 20.7 Å². The normalized spacial score (nSPS) is 14.3. The topological polar surface area (TPSA) is 82.4 Å². The van der Waals surface area contributed by atoms with E-state index in [1.54, 1.807) is 6.92 Å². The van der Waals surface area contributed by atoms with Crippen LogP contribution >= 0.6 is 0 Å². The molecule has 0 atom stereocenters. The van der Waals surface area contributed by atoms with Crippen molar-refractivity contribution in [2.45, 2.75) is 45.4 Å². The number of esters is 1. The molecular formula is C34H36FN3O3. The van der Waals surface area contributed by atoms with Crippen LogP contribution in [0, 0.1) is 22.6 Å². The molecule has 0 heterocycles. The molecule has 1 aliphatic rings. The van der Waals surface area contributed by atoms with Crippen LogP contribution in [0.3, 0.4) is 0 Å². The molecule has 7 heteroatoms. The first-order valence-electron chi connectivity index (χ1n) is 14.0. The van der Waals surface area contributed by atoms with Crippen molar-refractivity contribution in [2.24, 2.45) is 5.41 Å². The van der Waals surface area contributed by atoms with Gasteiger partial charge >= 0.3 is 5.97 Å². The lowest BCUT2D eigenvalue weighted by atomic mass is 9.69. The van der Waals surface area contributed by atoms with Crippen molar-refractivity contribution in [1.82, 2.24) is 0 Å². The molecule has 3 aromatic rings. The first-order valence-corrected chi connectivity index (χ1v) is 14.0. The number of nitrogens with one attached hydrogen (secondary N) is 1. The number of nitriles is 1. The minimum absolute atomic E-state index is 0.0696. The van der Waals surface area contributed by atoms with Crippen LogP contribution in [-0.4, -0.2) is 32.6 Å². The van der Waals surface area contributed by atoms with Gasteiger partial charge in [-0.3, -0.25) is 4.79 Å². The molecule has 0 bridgehead atoms. The Kier molecular flexibility index (Phi) is 9.57. The van der Waals surface area contributed by atoms with Gasteiger partial charge < -0.3 is 15.0 Å². The van der Waals surface area contributed by atoms with Gasteiger partial charge in [-0.25, -0.2) is 9.18 Å². The summed E-state index contributed by atoms with van der Waals surface area (Å²) in [4.78, 5) is 27.5. The van der Waals surface area contributed by atoms with Gasteiger partial charge in [-0.15, -0.1) is 0 Å². The van der Waals surface area contributed by atoms with Gasteiger partial charge in [0.15, 0.2) is 0 Å². The molecule has 0 spiro atoms. The van der Waals surface area contributed by atoms with Crippen LogP contribution < -0.4 is 10.2 Å². The van der Waals surface area contributed by atoms with Crippen LogP contribution in [0.4, 0.5) is 15.8 Å². The third-order valence-corrected chi connectivity index (χ3v) is 7.67. The van der Waals surface area contributed by atoms with Crippen LogP contribution in [0.1, 0.15) is 55.7 Å². The number of amides is 1. The monoisotopic (exact) mass is 553 g/mol. The van der Waals surface area contributed by atoms with E-state index < -0.39 is 17.2 Å². The first-order chi connectivity index (χ1) is 19.7. The van der Waals surface area contributed by atoms with Gasteiger partial charge in [0.05, 0.1) is 29.3 Å². The summed E-state index contributed by atoms with van der Waals surface area (Å²) in [6.07, 6.45) is 7.47. The molecular weight excluding hydrogens is 517 g/mol. The van der Waals surface area contributed by atoms with Crippen molar-refractivity contribution in [3.8, 4) is 17.2 Å². The highest BCUT2D eigenvalue weighted by atomic mass is 19.1. The summed E-state index contributed by atoms with van der Waals surface area (Å²) in [5, 5.41) is 12.8. The molecule has 41 heavy (non-hydrogen) atoms. The predicted octanol–water partition coefficient (Wildman–Crippen LogP) is 7.14. The Bertz CT molecular complexity index is 1470. The molecule has 212 valence electrons. The third-order valence-electron chi connectivity index (χ3n) is 7.67. The van der Waals surface area contributed by atoms with Crippen molar-refractivity contribution >= 4 is 29.3 Å². The van der Waals surface area contributed by atoms with E-state index in [-0.39, 0.29) is 18.2 Å². The summed E-state index contributed by atoms with van der Waals surface area (Å²) >= 11 is 0. The molecule has 4 rings (SSSR count). The average molecular weight is 554 g/mol. The number of halogens is 1. The maximum atomic E-state index is 14.8. The average Bonchev–Trinajstić information content (AvgIpc) is 2.98. The molecule has 0 saturated heterocycles. The summed E-state index contributed by atoms with van der Waals surface area (Å²) in [5.41, 5.74) is 4.25. The molecule has 0 unspecified atom stereocenters. The Balaban J connectivity index is 1.58. The number of nitrogens with zero attached hydrogens (tertiary/aromatic N) is 2. The van der Waals surface area contributed by atoms with E-state index in [0.717, 1.165) is 41.6 Å². The van der Waals surface area contributed by atoms with Gasteiger partial charge in [0, 0.05) is 25.9 Å². The highest BCUT2D eigenvalue weighted by Gasteiger charge is 2.40. The van der Waals surface area contributed by atoms with Crippen molar-refractivity contribution in [3.05, 3.63) is 89.2 Å². The zero-order valence-corrected chi connectivity index (χ0v) is 23.9. The van der Waals surface area contributed by atoms with Crippen LogP contribution in [0.2, 0.25) is 0 Å². The van der Waals surface area contributed by atoms with Gasteiger partial charge in [0.25, 0.3) is 0 Å². The number of carbonyl (C=O) groups excluding carboxylic acids is 2. The van der Waals surface area contributed by atoms with E-state index in [4.69, 9.17) is 4.74 Å². The Morgan fingerprint density at radius 1 is 1.05 bits per heavy atom. The summed E-state index contributed by atoms with van der Waals surface area (Å²) < 4.78 is 19.7. The number of benzene rings is 3. The van der Waals surface area contributed by atoms with E-state index in [1.807, 2.05) is 61.5 Å². The van der Waals surface area contributed by atoms with Gasteiger partial charge in [0.2, 0.25) is 5.91 Å². The molecule has 3 aromatic carbocycles. The van der Waals surface area contributed by atoms with E-state index in [1.165, 1.54) is 30.4 Å². The number of hydrogen-bond donors (Lipinski definition) is 1. The fraction of sp³-hybridized carbons (Fsp3) is 0.324. The lowest BCUT2D eigenvalue weighted by molar-refractivity contribution is -0.137. The van der Waals surface area contributed by atoms with Gasteiger partial charge in [-0.2, -0.15) is 5.26 Å². The largest absolute Gasteiger partial charge is 0.463 e. The van der Waals surface area contributed by atoms with Gasteiger partial charge in [-0.05, 0) is 84.8 Å². The molecule has 1 amide bonds. The maximum Gasteiger partial charge on any atom is 0.330 e. The summed E-state index contributed by atoms with van der Waals surface area (Å²) in [7, 11) is 3.96. The molecule has 1 aliphatic carbocycles. The standard InChI is InChI=1S/C34H36FN3O3/c1-4-41-32(39)17-10-24-9-16-30(35)31(21-24)37-33(40)34(18-6-5-7-19-34)22-25-8-15-29(27(20-25)23-36)26-11-13-28(14-12-26)38(2)3/h8-17,20-21H,4-7,18-19,22H2,1-3H3,(H,37,40)/b17-10+. The Morgan fingerprint density at radius 3 is 2.44 bits per heavy atom. The highest BCUT2D eigenvalue weighted by Crippen LogP contribution is 2.41. The van der Waals surface area contributed by atoms with E-state index in [0.29, 0.717) is 30.4 Å². The number of rotatable bonds is 9. The Morgan fingerprint density at radius 2 is 1.78 bits per heavy atom. The summed E-state index contributed by atoms with van der Waals surface area (Å²) in [6.45, 7) is 1.98. The Labute approximate surface area is 241 Å². The number of hydrogen-bond acceptors (Lipinski definition) is 5. The lowest BCUT2D eigenvalue weighted by Crippen LogP contribution is -2.40. The minimum atomic E-state index is -0.719. The molecule has 1 saturated carbocycles. The van der Waals surface area contributed by atoms with Gasteiger partial charge in [-0.1, -0.05) is 49.6 Å². The molecule has 1 N–H and O–H groups in total. The highest BCUT2D eigenvalue weighted by molar-refractivity contribution is 5.96. The quantitative estimate of drug-likeness (QED) is 0.225. The second-order valence-corrected chi connectivity index (χ2v) is 10.7. The third kappa shape index (κ3) is 7.20. The summed E-state index contributed by atoms with van der Waals surface area (Å²) in [5.74, 6) is -1.27. The molecule has 0 aromatic heterocycles. The minimum Gasteiger partial charge on any atom is -0.463 e. The first kappa shape index (κ1) is 29.5. The molecule has 1 fully saturated rings. The van der Waals surface area contributed by atoms with Crippen molar-refractivity contribution in [1.29, 1.82) is 5.26 Å². The maximum absolute atomic E-state index is 14.8. The second kappa shape index (κ2) is 13.3. The Hall–Kier alpha value is -4.44. The molecule has 0 aliphatic heterocycles. The van der Waals surface area contributed by atoms with E-state index in [9.17, 15) is 19.2 Å². The van der Waals surface area contributed by atoms with Crippen molar-refractivity contribution < 1.29 is 18.7 Å². The predicted molar refractivity (Wildman–Crippen MR) is 161 cm³/mol. The molecule has 6 nitrogen and oxygen atoms in total. The van der Waals surface area contributed by atoms with Crippen LogP contribution in [0.15, 0.2) is 66.7 Å². The number of ether oxygens (including phenoxy) is 1. The van der Waals surface area contributed by atoms with Crippen molar-refractivity contribution in [2.75, 3.05) is 30.9 Å². The zero-order valence-electron chi connectivity index (χ0n) is 23.9. The zero-order chi connectivity index (χ0) is 29.4. The fourth-order valence-electron chi connectivity index (χ4n) is 5.44. The van der Waals surface area contributed by atoms with Gasteiger partial charge in [0.1, 0.15) is 5.82 Å². The van der Waals surface area contributed by atoms with Crippen LogP contribution in [0.5, 0.6) is 0 Å². The van der Waals surface area contributed by atoms with E-state index >= 15 is 0 Å². The van der Waals surface area contributed by atoms with Crippen LogP contribution in [0.25, 0.3) is 17.2 Å². The number of anilines is 2. The fourth-order valence-corrected chi connectivity index (χ4v) is 5.44.